The van der Waals surface area contributed by atoms with E-state index >= 15 is 0 Å². The minimum absolute atomic E-state index is 0.000360. The molecule has 0 unspecified atom stereocenters. The first kappa shape index (κ1) is 12.0. The molecule has 6 heteroatoms. The van der Waals surface area contributed by atoms with Crippen LogP contribution in [0.5, 0.6) is 0 Å². The van der Waals surface area contributed by atoms with Gasteiger partial charge in [-0.2, -0.15) is 0 Å². The lowest BCUT2D eigenvalue weighted by molar-refractivity contribution is 0.0697. The number of hydrogen-bond donors (Lipinski definition) is 2. The van der Waals surface area contributed by atoms with E-state index < -0.39 is 5.97 Å². The van der Waals surface area contributed by atoms with E-state index in [0.717, 1.165) is 5.56 Å². The molecule has 0 saturated carbocycles. The van der Waals surface area contributed by atoms with Crippen LogP contribution in [0.1, 0.15) is 15.9 Å². The summed E-state index contributed by atoms with van der Waals surface area (Å²) in [4.78, 5) is 18.4. The number of carboxylic acid groups (broad SMARTS) is 1. The van der Waals surface area contributed by atoms with Crippen LogP contribution in [0.4, 0.5) is 10.2 Å². The number of aromatic carboxylic acids is 1. The average molecular weight is 247 g/mol. The van der Waals surface area contributed by atoms with Gasteiger partial charge in [-0.1, -0.05) is 12.1 Å². The molecule has 1 aromatic heterocycles. The van der Waals surface area contributed by atoms with Gasteiger partial charge in [0.15, 0.2) is 0 Å². The fourth-order valence-electron chi connectivity index (χ4n) is 1.42. The summed E-state index contributed by atoms with van der Waals surface area (Å²) >= 11 is 0. The van der Waals surface area contributed by atoms with Gasteiger partial charge in [0.05, 0.1) is 0 Å². The molecular weight excluding hydrogens is 237 g/mol. The second kappa shape index (κ2) is 5.22. The van der Waals surface area contributed by atoms with E-state index in [0.29, 0.717) is 6.54 Å². The van der Waals surface area contributed by atoms with Crippen LogP contribution in [0.3, 0.4) is 0 Å². The molecular formula is C12H10FN3O2. The highest BCUT2D eigenvalue weighted by atomic mass is 19.1. The first-order chi connectivity index (χ1) is 8.66. The molecule has 0 bridgehead atoms. The number of aromatic nitrogens is 2. The molecule has 0 atom stereocenters. The average Bonchev–Trinajstić information content (AvgIpc) is 2.38. The summed E-state index contributed by atoms with van der Waals surface area (Å²) in [7, 11) is 0. The van der Waals surface area contributed by atoms with Crippen molar-refractivity contribution in [2.75, 3.05) is 5.32 Å². The number of nitrogens with zero attached hydrogens (tertiary/aromatic N) is 2. The molecule has 1 aromatic carbocycles. The zero-order chi connectivity index (χ0) is 13.0. The first-order valence-electron chi connectivity index (χ1n) is 5.18. The van der Waals surface area contributed by atoms with Gasteiger partial charge in [-0.15, -0.1) is 0 Å². The lowest BCUT2D eigenvalue weighted by Crippen LogP contribution is -2.08. The highest BCUT2D eigenvalue weighted by molar-refractivity contribution is 5.92. The van der Waals surface area contributed by atoms with E-state index in [1.807, 2.05) is 0 Å². The Kier molecular flexibility index (Phi) is 3.47. The van der Waals surface area contributed by atoms with Gasteiger partial charge >= 0.3 is 5.97 Å². The van der Waals surface area contributed by atoms with Crippen molar-refractivity contribution < 1.29 is 14.3 Å². The minimum atomic E-state index is -1.10. The molecule has 0 amide bonds. The van der Waals surface area contributed by atoms with Crippen molar-refractivity contribution in [3.63, 3.8) is 0 Å². The Morgan fingerprint density at radius 3 is 2.72 bits per heavy atom. The maximum atomic E-state index is 12.7. The van der Waals surface area contributed by atoms with E-state index in [4.69, 9.17) is 5.11 Å². The Labute approximate surface area is 102 Å². The molecule has 0 aliphatic heterocycles. The predicted octanol–water partition coefficient (Wildman–Crippen LogP) is 1.93. The van der Waals surface area contributed by atoms with Gasteiger partial charge in [0, 0.05) is 12.7 Å². The maximum Gasteiger partial charge on any atom is 0.341 e. The Balaban J connectivity index is 2.10. The predicted molar refractivity (Wildman–Crippen MR) is 62.7 cm³/mol. The van der Waals surface area contributed by atoms with Crippen LogP contribution in [0.15, 0.2) is 36.8 Å². The summed E-state index contributed by atoms with van der Waals surface area (Å²) < 4.78 is 12.7. The molecule has 2 rings (SSSR count). The van der Waals surface area contributed by atoms with E-state index in [2.05, 4.69) is 15.3 Å². The lowest BCUT2D eigenvalue weighted by Gasteiger charge is -2.07. The quantitative estimate of drug-likeness (QED) is 0.863. The third kappa shape index (κ3) is 2.79. The Bertz CT molecular complexity index is 558. The van der Waals surface area contributed by atoms with Crippen LogP contribution in [-0.4, -0.2) is 21.0 Å². The highest BCUT2D eigenvalue weighted by Crippen LogP contribution is 2.12. The number of carbonyl (C=O) groups is 1. The number of nitrogens with one attached hydrogen (secondary N) is 1. The molecule has 5 nitrogen and oxygen atoms in total. The minimum Gasteiger partial charge on any atom is -0.477 e. The molecule has 0 radical (unpaired) electrons. The molecule has 1 heterocycles. The fourth-order valence-corrected chi connectivity index (χ4v) is 1.42. The zero-order valence-electron chi connectivity index (χ0n) is 9.30. The lowest BCUT2D eigenvalue weighted by atomic mass is 10.2. The third-order valence-electron chi connectivity index (χ3n) is 2.32. The second-order valence-electron chi connectivity index (χ2n) is 3.57. The maximum absolute atomic E-state index is 12.7. The van der Waals surface area contributed by atoms with E-state index in [1.165, 1.54) is 24.7 Å². The second-order valence-corrected chi connectivity index (χ2v) is 3.57. The van der Waals surface area contributed by atoms with Crippen LogP contribution in [0, 0.1) is 5.82 Å². The highest BCUT2D eigenvalue weighted by Gasteiger charge is 2.10. The van der Waals surface area contributed by atoms with Gasteiger partial charge < -0.3 is 10.4 Å². The largest absolute Gasteiger partial charge is 0.477 e. The molecule has 18 heavy (non-hydrogen) atoms. The molecule has 92 valence electrons. The summed E-state index contributed by atoms with van der Waals surface area (Å²) in [6.07, 6.45) is 2.49. The van der Waals surface area contributed by atoms with Crippen molar-refractivity contribution in [3.05, 3.63) is 53.7 Å². The SMILES string of the molecule is O=C(O)c1cncnc1NCc1ccc(F)cc1. The zero-order valence-corrected chi connectivity index (χ0v) is 9.30. The normalized spacial score (nSPS) is 10.1. The van der Waals surface area contributed by atoms with Crippen molar-refractivity contribution in [2.45, 2.75) is 6.54 Å². The number of anilines is 1. The van der Waals surface area contributed by atoms with Crippen LogP contribution in [-0.2, 0) is 6.54 Å². The first-order valence-corrected chi connectivity index (χ1v) is 5.18. The van der Waals surface area contributed by atoms with Gasteiger partial charge in [0.2, 0.25) is 0 Å². The number of carboxylic acids is 1. The van der Waals surface area contributed by atoms with E-state index in [9.17, 15) is 9.18 Å². The number of rotatable bonds is 4. The monoisotopic (exact) mass is 247 g/mol. The van der Waals surface area contributed by atoms with E-state index in [-0.39, 0.29) is 17.2 Å². The van der Waals surface area contributed by atoms with E-state index in [1.54, 1.807) is 12.1 Å². The molecule has 0 aliphatic rings. The number of benzene rings is 1. The van der Waals surface area contributed by atoms with Gasteiger partial charge in [-0.05, 0) is 17.7 Å². The molecule has 2 aromatic rings. The van der Waals surface area contributed by atoms with Crippen molar-refractivity contribution in [1.82, 2.24) is 9.97 Å². The molecule has 2 N–H and O–H groups in total. The van der Waals surface area contributed by atoms with Crippen LogP contribution < -0.4 is 5.32 Å². The van der Waals surface area contributed by atoms with Crippen LogP contribution in [0.25, 0.3) is 0 Å². The van der Waals surface area contributed by atoms with Crippen LogP contribution in [0.2, 0.25) is 0 Å². The van der Waals surface area contributed by atoms with Gasteiger partial charge in [0.1, 0.15) is 23.5 Å². The Hall–Kier alpha value is -2.50. The smallest absolute Gasteiger partial charge is 0.341 e. The van der Waals surface area contributed by atoms with Gasteiger partial charge in [0.25, 0.3) is 0 Å². The topological polar surface area (TPSA) is 75.1 Å². The Morgan fingerprint density at radius 2 is 2.06 bits per heavy atom. The standard InChI is InChI=1S/C12H10FN3O2/c13-9-3-1-8(2-4-9)5-15-11-10(12(17)18)6-14-7-16-11/h1-4,6-7H,5H2,(H,17,18)(H,14,15,16). The molecule has 0 saturated heterocycles. The van der Waals surface area contributed by atoms with Crippen molar-refractivity contribution >= 4 is 11.8 Å². The Morgan fingerprint density at radius 1 is 1.33 bits per heavy atom. The molecule has 0 aliphatic carbocycles. The summed E-state index contributed by atoms with van der Waals surface area (Å²) in [5.74, 6) is -1.17. The van der Waals surface area contributed by atoms with Crippen LogP contribution >= 0.6 is 0 Å². The summed E-state index contributed by atoms with van der Waals surface area (Å²) in [6, 6.07) is 5.91. The van der Waals surface area contributed by atoms with Crippen molar-refractivity contribution in [2.24, 2.45) is 0 Å². The van der Waals surface area contributed by atoms with Gasteiger partial charge in [-0.3, -0.25) is 0 Å². The molecule has 0 spiro atoms. The molecule has 0 fully saturated rings. The van der Waals surface area contributed by atoms with Crippen molar-refractivity contribution in [1.29, 1.82) is 0 Å². The number of hydrogen-bond acceptors (Lipinski definition) is 4. The fraction of sp³-hybridized carbons (Fsp3) is 0.0833. The summed E-state index contributed by atoms with van der Waals surface area (Å²) in [6.45, 7) is 0.359. The van der Waals surface area contributed by atoms with Gasteiger partial charge in [-0.25, -0.2) is 19.2 Å². The third-order valence-corrected chi connectivity index (χ3v) is 2.32. The van der Waals surface area contributed by atoms with Crippen molar-refractivity contribution in [3.8, 4) is 0 Å². The summed E-state index contributed by atoms with van der Waals surface area (Å²) in [5, 5.41) is 11.8. The number of halogens is 1. The summed E-state index contributed by atoms with van der Waals surface area (Å²) in [5.41, 5.74) is 0.825.